The van der Waals surface area contributed by atoms with Gasteiger partial charge in [0, 0.05) is 31.9 Å². The fourth-order valence-corrected chi connectivity index (χ4v) is 2.44. The molecule has 0 spiro atoms. The zero-order valence-corrected chi connectivity index (χ0v) is 11.0. The minimum Gasteiger partial charge on any atom is -0.399 e. The van der Waals surface area contributed by atoms with E-state index in [1.54, 1.807) is 24.5 Å². The van der Waals surface area contributed by atoms with Crippen molar-refractivity contribution in [2.45, 2.75) is 0 Å². The van der Waals surface area contributed by atoms with E-state index < -0.39 is 0 Å². The summed E-state index contributed by atoms with van der Waals surface area (Å²) in [6.07, 6.45) is 5.11. The molecule has 1 saturated heterocycles. The van der Waals surface area contributed by atoms with Crippen LogP contribution in [0.25, 0.3) is 0 Å². The van der Waals surface area contributed by atoms with Crippen molar-refractivity contribution in [1.82, 2.24) is 9.97 Å². The molecule has 3 rings (SSSR count). The molecular weight excluding hydrogens is 257 g/mol. The minimum absolute atomic E-state index is 0.263. The highest BCUT2D eigenvalue weighted by Crippen LogP contribution is 2.24. The Kier molecular flexibility index (Phi) is 3.37. The number of rotatable bonds is 2. The molecule has 1 aromatic carbocycles. The van der Waals surface area contributed by atoms with Crippen LogP contribution >= 0.6 is 0 Å². The summed E-state index contributed by atoms with van der Waals surface area (Å²) in [6.45, 7) is 3.15. The second-order valence-electron chi connectivity index (χ2n) is 4.78. The van der Waals surface area contributed by atoms with Crippen molar-refractivity contribution in [3.63, 3.8) is 0 Å². The highest BCUT2D eigenvalue weighted by Gasteiger charge is 2.19. The van der Waals surface area contributed by atoms with E-state index in [9.17, 15) is 4.39 Å². The van der Waals surface area contributed by atoms with Crippen LogP contribution in [0.5, 0.6) is 0 Å². The quantitative estimate of drug-likeness (QED) is 0.841. The van der Waals surface area contributed by atoms with Crippen molar-refractivity contribution in [1.29, 1.82) is 0 Å². The van der Waals surface area contributed by atoms with Gasteiger partial charge in [-0.2, -0.15) is 0 Å². The lowest BCUT2D eigenvalue weighted by Gasteiger charge is -2.37. The van der Waals surface area contributed by atoms with Gasteiger partial charge in [-0.15, -0.1) is 0 Å². The maximum Gasteiger partial charge on any atom is 0.148 e. The first kappa shape index (κ1) is 12.7. The van der Waals surface area contributed by atoms with Gasteiger partial charge in [-0.05, 0) is 18.2 Å². The molecule has 0 unspecified atom stereocenters. The van der Waals surface area contributed by atoms with Crippen LogP contribution in [0, 0.1) is 5.82 Å². The van der Waals surface area contributed by atoms with Gasteiger partial charge < -0.3 is 15.5 Å². The predicted octanol–water partition coefficient (Wildman–Crippen LogP) is 1.52. The van der Waals surface area contributed by atoms with E-state index in [2.05, 4.69) is 14.9 Å². The predicted molar refractivity (Wildman–Crippen MR) is 77.3 cm³/mol. The zero-order chi connectivity index (χ0) is 13.9. The second-order valence-corrected chi connectivity index (χ2v) is 4.78. The van der Waals surface area contributed by atoms with E-state index in [0.29, 0.717) is 11.4 Å². The van der Waals surface area contributed by atoms with Crippen LogP contribution in [-0.2, 0) is 0 Å². The number of hydrogen-bond acceptors (Lipinski definition) is 5. The van der Waals surface area contributed by atoms with Gasteiger partial charge in [0.15, 0.2) is 0 Å². The fourth-order valence-electron chi connectivity index (χ4n) is 2.44. The molecule has 1 aromatic heterocycles. The van der Waals surface area contributed by atoms with Gasteiger partial charge in [-0.3, -0.25) is 0 Å². The molecule has 20 heavy (non-hydrogen) atoms. The number of piperazine rings is 1. The summed E-state index contributed by atoms with van der Waals surface area (Å²) in [5.41, 5.74) is 7.64. The first-order valence-corrected chi connectivity index (χ1v) is 6.54. The van der Waals surface area contributed by atoms with E-state index in [1.807, 2.05) is 4.90 Å². The standard InChI is InChI=1S/C14H16FN5/c15-13-7-11(16)1-2-14(13)20-5-3-19(4-6-20)12-8-17-10-18-9-12/h1-2,7-10H,3-6,16H2. The summed E-state index contributed by atoms with van der Waals surface area (Å²) in [7, 11) is 0. The Bertz CT molecular complexity index is 581. The highest BCUT2D eigenvalue weighted by atomic mass is 19.1. The first-order chi connectivity index (χ1) is 9.74. The van der Waals surface area contributed by atoms with Crippen LogP contribution in [0.4, 0.5) is 21.5 Å². The zero-order valence-electron chi connectivity index (χ0n) is 11.0. The SMILES string of the molecule is Nc1ccc(N2CCN(c3cncnc3)CC2)c(F)c1. The number of benzene rings is 1. The third-order valence-electron chi connectivity index (χ3n) is 3.50. The summed E-state index contributed by atoms with van der Waals surface area (Å²) in [5.74, 6) is -0.263. The third kappa shape index (κ3) is 2.49. The first-order valence-electron chi connectivity index (χ1n) is 6.54. The lowest BCUT2D eigenvalue weighted by atomic mass is 10.2. The number of hydrogen-bond donors (Lipinski definition) is 1. The van der Waals surface area contributed by atoms with E-state index >= 15 is 0 Å². The maximum atomic E-state index is 13.9. The van der Waals surface area contributed by atoms with Crippen LogP contribution in [0.1, 0.15) is 0 Å². The molecule has 0 saturated carbocycles. The number of halogens is 1. The Morgan fingerprint density at radius 2 is 1.65 bits per heavy atom. The molecule has 1 aliphatic rings. The second kappa shape index (κ2) is 5.32. The van der Waals surface area contributed by atoms with E-state index in [1.165, 1.54) is 12.4 Å². The molecule has 0 atom stereocenters. The summed E-state index contributed by atoms with van der Waals surface area (Å²) >= 11 is 0. The largest absolute Gasteiger partial charge is 0.399 e. The Hall–Kier alpha value is -2.37. The number of nitrogens with zero attached hydrogens (tertiary/aromatic N) is 4. The molecule has 5 nitrogen and oxygen atoms in total. The Morgan fingerprint density at radius 3 is 2.30 bits per heavy atom. The number of anilines is 3. The Balaban J connectivity index is 1.69. The van der Waals surface area contributed by atoms with Crippen LogP contribution in [0.3, 0.4) is 0 Å². The van der Waals surface area contributed by atoms with E-state index in [0.717, 1.165) is 31.9 Å². The van der Waals surface area contributed by atoms with Crippen molar-refractivity contribution < 1.29 is 4.39 Å². The van der Waals surface area contributed by atoms with E-state index in [4.69, 9.17) is 5.73 Å². The highest BCUT2D eigenvalue weighted by molar-refractivity contribution is 5.56. The lowest BCUT2D eigenvalue weighted by molar-refractivity contribution is 0.598. The lowest BCUT2D eigenvalue weighted by Crippen LogP contribution is -2.46. The van der Waals surface area contributed by atoms with Crippen molar-refractivity contribution in [2.75, 3.05) is 41.7 Å². The summed E-state index contributed by atoms with van der Waals surface area (Å²) in [4.78, 5) is 12.3. The van der Waals surface area contributed by atoms with Gasteiger partial charge in [0.1, 0.15) is 12.1 Å². The van der Waals surface area contributed by atoms with Crippen LogP contribution in [-0.4, -0.2) is 36.1 Å². The molecule has 0 amide bonds. The van der Waals surface area contributed by atoms with Gasteiger partial charge in [0.2, 0.25) is 0 Å². The van der Waals surface area contributed by atoms with Crippen molar-refractivity contribution in [3.05, 3.63) is 42.7 Å². The van der Waals surface area contributed by atoms with Crippen molar-refractivity contribution in [3.8, 4) is 0 Å². The molecule has 0 bridgehead atoms. The molecule has 0 radical (unpaired) electrons. The van der Waals surface area contributed by atoms with Gasteiger partial charge >= 0.3 is 0 Å². The molecule has 104 valence electrons. The molecule has 1 fully saturated rings. The number of nitrogens with two attached hydrogens (primary N) is 1. The molecule has 0 aliphatic carbocycles. The minimum atomic E-state index is -0.263. The molecule has 2 heterocycles. The van der Waals surface area contributed by atoms with Crippen molar-refractivity contribution in [2.24, 2.45) is 0 Å². The molecule has 1 aliphatic heterocycles. The molecule has 2 aromatic rings. The van der Waals surface area contributed by atoms with Crippen LogP contribution < -0.4 is 15.5 Å². The maximum absolute atomic E-state index is 13.9. The monoisotopic (exact) mass is 273 g/mol. The number of aromatic nitrogens is 2. The summed E-state index contributed by atoms with van der Waals surface area (Å²) in [6, 6.07) is 4.84. The average molecular weight is 273 g/mol. The van der Waals surface area contributed by atoms with E-state index in [-0.39, 0.29) is 5.82 Å². The molecule has 2 N–H and O–H groups in total. The summed E-state index contributed by atoms with van der Waals surface area (Å²) in [5, 5.41) is 0. The van der Waals surface area contributed by atoms with Gasteiger partial charge in [-0.1, -0.05) is 0 Å². The van der Waals surface area contributed by atoms with Crippen LogP contribution in [0.15, 0.2) is 36.9 Å². The van der Waals surface area contributed by atoms with Gasteiger partial charge in [0.25, 0.3) is 0 Å². The summed E-state index contributed by atoms with van der Waals surface area (Å²) < 4.78 is 13.9. The fraction of sp³-hybridized carbons (Fsp3) is 0.286. The molecule has 6 heteroatoms. The van der Waals surface area contributed by atoms with Crippen LogP contribution in [0.2, 0.25) is 0 Å². The smallest absolute Gasteiger partial charge is 0.148 e. The topological polar surface area (TPSA) is 58.3 Å². The average Bonchev–Trinajstić information content (AvgIpc) is 2.48. The number of nitrogen functional groups attached to an aromatic ring is 1. The Morgan fingerprint density at radius 1 is 1.00 bits per heavy atom. The third-order valence-corrected chi connectivity index (χ3v) is 3.50. The van der Waals surface area contributed by atoms with Gasteiger partial charge in [0.05, 0.1) is 23.8 Å². The Labute approximate surface area is 116 Å². The van der Waals surface area contributed by atoms with Crippen molar-refractivity contribution >= 4 is 17.1 Å². The molecular formula is C14H16FN5. The normalized spacial score (nSPS) is 15.4. The van der Waals surface area contributed by atoms with Gasteiger partial charge in [-0.25, -0.2) is 14.4 Å².